The van der Waals surface area contributed by atoms with Gasteiger partial charge in [0.25, 0.3) is 5.91 Å². The molecular formula is C13H12F3N5OS. The van der Waals surface area contributed by atoms with E-state index < -0.39 is 17.8 Å². The normalized spacial score (nSPS) is 15.4. The average Bonchev–Trinajstić information content (AvgIpc) is 2.87. The molecule has 6 nitrogen and oxygen atoms in total. The number of halogens is 3. The summed E-state index contributed by atoms with van der Waals surface area (Å²) in [7, 11) is 0. The lowest BCUT2D eigenvalue weighted by atomic mass is 10.1. The van der Waals surface area contributed by atoms with Gasteiger partial charge < -0.3 is 10.2 Å². The maximum atomic E-state index is 12.4. The molecule has 1 fully saturated rings. The molecule has 10 heteroatoms. The number of carbonyl (C=O) groups excluding carboxylic acids is 1. The standard InChI is InChI=1S/C13H12F3N5OS/c1-7-19-20-12(23-7)21-5-9(6-21)18-11(22)8-2-3-10(17-4-8)13(14,15)16/h2-4,9H,5-6H2,1H3,(H,18,22). The molecule has 1 aliphatic heterocycles. The Morgan fingerprint density at radius 3 is 2.61 bits per heavy atom. The number of hydrogen-bond donors (Lipinski definition) is 1. The van der Waals surface area contributed by atoms with Crippen LogP contribution in [0.15, 0.2) is 18.3 Å². The van der Waals surface area contributed by atoms with Gasteiger partial charge in [0, 0.05) is 19.3 Å². The van der Waals surface area contributed by atoms with E-state index in [1.165, 1.54) is 11.3 Å². The third-order valence-electron chi connectivity index (χ3n) is 3.32. The fraction of sp³-hybridized carbons (Fsp3) is 0.385. The predicted molar refractivity (Wildman–Crippen MR) is 77.4 cm³/mol. The Hall–Kier alpha value is -2.23. The van der Waals surface area contributed by atoms with Crippen LogP contribution in [-0.2, 0) is 6.18 Å². The number of pyridine rings is 1. The molecule has 3 heterocycles. The van der Waals surface area contributed by atoms with Crippen molar-refractivity contribution < 1.29 is 18.0 Å². The molecule has 1 saturated heterocycles. The third kappa shape index (κ3) is 3.41. The van der Waals surface area contributed by atoms with Crippen molar-refractivity contribution in [3.63, 3.8) is 0 Å². The van der Waals surface area contributed by atoms with Crippen LogP contribution in [0.25, 0.3) is 0 Å². The van der Waals surface area contributed by atoms with Gasteiger partial charge in [0.1, 0.15) is 10.7 Å². The molecule has 122 valence electrons. The van der Waals surface area contributed by atoms with E-state index >= 15 is 0 Å². The van der Waals surface area contributed by atoms with Gasteiger partial charge in [-0.2, -0.15) is 13.2 Å². The van der Waals surface area contributed by atoms with Gasteiger partial charge >= 0.3 is 6.18 Å². The average molecular weight is 343 g/mol. The van der Waals surface area contributed by atoms with Crippen molar-refractivity contribution in [1.82, 2.24) is 20.5 Å². The maximum absolute atomic E-state index is 12.4. The van der Waals surface area contributed by atoms with E-state index in [1.54, 1.807) is 0 Å². The van der Waals surface area contributed by atoms with Gasteiger partial charge in [0.2, 0.25) is 5.13 Å². The topological polar surface area (TPSA) is 71.0 Å². The van der Waals surface area contributed by atoms with Crippen LogP contribution in [0.5, 0.6) is 0 Å². The number of carbonyl (C=O) groups is 1. The Balaban J connectivity index is 1.54. The second-order valence-electron chi connectivity index (χ2n) is 5.11. The number of alkyl halides is 3. The summed E-state index contributed by atoms with van der Waals surface area (Å²) in [5.41, 5.74) is -0.918. The number of aryl methyl sites for hydroxylation is 1. The number of rotatable bonds is 3. The van der Waals surface area contributed by atoms with Crippen molar-refractivity contribution in [1.29, 1.82) is 0 Å². The highest BCUT2D eigenvalue weighted by molar-refractivity contribution is 7.15. The summed E-state index contributed by atoms with van der Waals surface area (Å²) in [5, 5.41) is 12.3. The van der Waals surface area contributed by atoms with E-state index in [0.717, 1.165) is 28.5 Å². The largest absolute Gasteiger partial charge is 0.433 e. The summed E-state index contributed by atoms with van der Waals surface area (Å²) < 4.78 is 37.3. The van der Waals surface area contributed by atoms with E-state index in [1.807, 2.05) is 11.8 Å². The third-order valence-corrected chi connectivity index (χ3v) is 4.22. The van der Waals surface area contributed by atoms with Crippen LogP contribution < -0.4 is 10.2 Å². The molecule has 2 aromatic rings. The quantitative estimate of drug-likeness (QED) is 0.921. The predicted octanol–water partition coefficient (Wildman–Crippen LogP) is 1.88. The number of nitrogens with zero attached hydrogens (tertiary/aromatic N) is 4. The minimum atomic E-state index is -4.51. The number of aromatic nitrogens is 3. The monoisotopic (exact) mass is 343 g/mol. The second kappa shape index (κ2) is 5.76. The first-order valence-corrected chi connectivity index (χ1v) is 7.54. The van der Waals surface area contributed by atoms with Crippen molar-refractivity contribution in [2.45, 2.75) is 19.1 Å². The highest BCUT2D eigenvalue weighted by Crippen LogP contribution is 2.27. The first-order valence-electron chi connectivity index (χ1n) is 6.72. The van der Waals surface area contributed by atoms with Crippen molar-refractivity contribution in [2.24, 2.45) is 0 Å². The summed E-state index contributed by atoms with van der Waals surface area (Å²) in [6.45, 7) is 3.04. The molecule has 0 spiro atoms. The first-order chi connectivity index (χ1) is 10.8. The Morgan fingerprint density at radius 1 is 1.35 bits per heavy atom. The van der Waals surface area contributed by atoms with Crippen molar-refractivity contribution in [2.75, 3.05) is 18.0 Å². The lowest BCUT2D eigenvalue weighted by Crippen LogP contribution is -2.59. The molecule has 0 aliphatic carbocycles. The van der Waals surface area contributed by atoms with Gasteiger partial charge in [0.05, 0.1) is 11.6 Å². The zero-order chi connectivity index (χ0) is 16.6. The van der Waals surface area contributed by atoms with Gasteiger partial charge in [-0.1, -0.05) is 11.3 Å². The smallest absolute Gasteiger partial charge is 0.346 e. The van der Waals surface area contributed by atoms with Crippen LogP contribution in [0.2, 0.25) is 0 Å². The number of amides is 1. The van der Waals surface area contributed by atoms with Crippen LogP contribution in [0.4, 0.5) is 18.3 Å². The highest BCUT2D eigenvalue weighted by atomic mass is 32.1. The number of anilines is 1. The van der Waals surface area contributed by atoms with E-state index in [-0.39, 0.29) is 11.6 Å². The van der Waals surface area contributed by atoms with Gasteiger partial charge in [-0.15, -0.1) is 10.2 Å². The molecule has 23 heavy (non-hydrogen) atoms. The fourth-order valence-electron chi connectivity index (χ4n) is 2.10. The van der Waals surface area contributed by atoms with Crippen LogP contribution in [0, 0.1) is 6.92 Å². The molecule has 0 aromatic carbocycles. The van der Waals surface area contributed by atoms with Gasteiger partial charge in [0.15, 0.2) is 0 Å². The molecule has 2 aromatic heterocycles. The van der Waals surface area contributed by atoms with Crippen LogP contribution in [0.1, 0.15) is 21.1 Å². The minimum absolute atomic E-state index is 0.0750. The molecule has 1 N–H and O–H groups in total. The van der Waals surface area contributed by atoms with Crippen LogP contribution in [0.3, 0.4) is 0 Å². The Morgan fingerprint density at radius 2 is 2.09 bits per heavy atom. The summed E-state index contributed by atoms with van der Waals surface area (Å²) in [6.07, 6.45) is -3.58. The summed E-state index contributed by atoms with van der Waals surface area (Å²) >= 11 is 1.47. The van der Waals surface area contributed by atoms with Crippen LogP contribution in [-0.4, -0.2) is 40.2 Å². The van der Waals surface area contributed by atoms with Crippen molar-refractivity contribution >= 4 is 22.4 Å². The fourth-order valence-corrected chi connectivity index (χ4v) is 2.81. The molecule has 0 saturated carbocycles. The first kappa shape index (κ1) is 15.7. The van der Waals surface area contributed by atoms with Crippen molar-refractivity contribution in [3.8, 4) is 0 Å². The minimum Gasteiger partial charge on any atom is -0.346 e. The summed E-state index contributed by atoms with van der Waals surface area (Å²) in [4.78, 5) is 17.2. The Bertz CT molecular complexity index is 709. The van der Waals surface area contributed by atoms with E-state index in [9.17, 15) is 18.0 Å². The lowest BCUT2D eigenvalue weighted by Gasteiger charge is -2.39. The molecule has 0 radical (unpaired) electrons. The zero-order valence-corrected chi connectivity index (χ0v) is 12.8. The molecule has 1 amide bonds. The Kier molecular flexibility index (Phi) is 3.92. The SMILES string of the molecule is Cc1nnc(N2CC(NC(=O)c3ccc(C(F)(F)F)nc3)C2)s1. The summed E-state index contributed by atoms with van der Waals surface area (Å²) in [5.74, 6) is -0.440. The zero-order valence-electron chi connectivity index (χ0n) is 12.0. The molecule has 0 unspecified atom stereocenters. The maximum Gasteiger partial charge on any atom is 0.433 e. The van der Waals surface area contributed by atoms with E-state index in [2.05, 4.69) is 20.5 Å². The number of hydrogen-bond acceptors (Lipinski definition) is 6. The lowest BCUT2D eigenvalue weighted by molar-refractivity contribution is -0.141. The van der Waals surface area contributed by atoms with Gasteiger partial charge in [-0.05, 0) is 19.1 Å². The van der Waals surface area contributed by atoms with Gasteiger partial charge in [-0.3, -0.25) is 9.78 Å². The molecule has 0 atom stereocenters. The molecular weight excluding hydrogens is 331 g/mol. The van der Waals surface area contributed by atoms with E-state index in [4.69, 9.17) is 0 Å². The Labute approximate surface area is 133 Å². The van der Waals surface area contributed by atoms with Crippen LogP contribution >= 0.6 is 11.3 Å². The van der Waals surface area contributed by atoms with Crippen molar-refractivity contribution in [3.05, 3.63) is 34.6 Å². The molecule has 3 rings (SSSR count). The molecule has 1 aliphatic rings. The van der Waals surface area contributed by atoms with E-state index in [0.29, 0.717) is 13.1 Å². The second-order valence-corrected chi connectivity index (χ2v) is 6.27. The number of nitrogens with one attached hydrogen (secondary N) is 1. The highest BCUT2D eigenvalue weighted by Gasteiger charge is 2.33. The summed E-state index contributed by atoms with van der Waals surface area (Å²) in [6, 6.07) is 1.84. The van der Waals surface area contributed by atoms with Gasteiger partial charge in [-0.25, -0.2) is 0 Å². The molecule has 0 bridgehead atoms.